The molecule has 1 N–H and O–H groups in total. The van der Waals surface area contributed by atoms with E-state index in [0.29, 0.717) is 43.2 Å². The Hall–Kier alpha value is -3.84. The first-order valence-corrected chi connectivity index (χ1v) is 11.9. The average Bonchev–Trinajstić information content (AvgIpc) is 3.47. The highest BCUT2D eigenvalue weighted by Gasteiger charge is 2.30. The van der Waals surface area contributed by atoms with Crippen molar-refractivity contribution >= 4 is 34.5 Å². The van der Waals surface area contributed by atoms with E-state index < -0.39 is 0 Å². The van der Waals surface area contributed by atoms with E-state index in [-0.39, 0.29) is 18.0 Å². The lowest BCUT2D eigenvalue weighted by Gasteiger charge is -2.25. The minimum absolute atomic E-state index is 0.0952. The van der Waals surface area contributed by atoms with Gasteiger partial charge in [-0.2, -0.15) is 5.10 Å². The lowest BCUT2D eigenvalue weighted by molar-refractivity contribution is 0.0951. The second kappa shape index (κ2) is 10.2. The van der Waals surface area contributed by atoms with Crippen LogP contribution in [0.25, 0.3) is 10.9 Å². The second-order valence-corrected chi connectivity index (χ2v) is 9.03. The first kappa shape index (κ1) is 22.9. The Kier molecular flexibility index (Phi) is 6.68. The molecular weight excluding hydrogens is 464 g/mol. The van der Waals surface area contributed by atoms with Crippen LogP contribution in [0.1, 0.15) is 21.5 Å². The van der Waals surface area contributed by atoms with E-state index >= 15 is 0 Å². The molecule has 4 aromatic rings. The molecule has 5 rings (SSSR count). The molecule has 2 heterocycles. The van der Waals surface area contributed by atoms with Crippen molar-refractivity contribution in [3.8, 4) is 0 Å². The average molecular weight is 489 g/mol. The zero-order valence-corrected chi connectivity index (χ0v) is 19.8. The van der Waals surface area contributed by atoms with Gasteiger partial charge in [0.1, 0.15) is 6.61 Å². The van der Waals surface area contributed by atoms with Crippen LogP contribution in [0.3, 0.4) is 0 Å². The number of fused-ring (bicyclic) bond motifs is 1. The van der Waals surface area contributed by atoms with E-state index in [1.165, 1.54) is 0 Å². The first-order valence-electron chi connectivity index (χ1n) is 11.5. The molecule has 3 aromatic carbocycles. The van der Waals surface area contributed by atoms with Gasteiger partial charge in [0.2, 0.25) is 0 Å². The topological polar surface area (TPSA) is 76.5 Å². The Balaban J connectivity index is 1.31. The van der Waals surface area contributed by atoms with Crippen molar-refractivity contribution < 1.29 is 14.3 Å². The number of nitrogens with zero attached hydrogens (tertiary/aromatic N) is 3. The molecular formula is C27H25ClN4O3. The number of aromatic nitrogens is 2. The molecule has 35 heavy (non-hydrogen) atoms. The highest BCUT2D eigenvalue weighted by Crippen LogP contribution is 2.19. The van der Waals surface area contributed by atoms with Gasteiger partial charge in [0.05, 0.1) is 24.6 Å². The fraction of sp³-hybridized carbons (Fsp3) is 0.222. The molecule has 8 heteroatoms. The van der Waals surface area contributed by atoms with Crippen molar-refractivity contribution in [3.05, 3.63) is 101 Å². The van der Waals surface area contributed by atoms with Crippen LogP contribution in [0.4, 0.5) is 4.79 Å². The Bertz CT molecular complexity index is 1360. The molecule has 0 spiro atoms. The summed E-state index contributed by atoms with van der Waals surface area (Å²) in [5, 5.41) is 9.19. The third-order valence-electron chi connectivity index (χ3n) is 6.10. The van der Waals surface area contributed by atoms with Gasteiger partial charge in [0.15, 0.2) is 0 Å². The molecule has 7 nitrogen and oxygen atoms in total. The van der Waals surface area contributed by atoms with Crippen LogP contribution in [-0.4, -0.2) is 45.9 Å². The van der Waals surface area contributed by atoms with E-state index in [0.717, 1.165) is 22.0 Å². The SMILES string of the molecule is O=C(NCc1cccc(Cl)c1)c1ccc2cn(CC(Cc3ccccc3)N3CCOC3=O)nc2c1. The van der Waals surface area contributed by atoms with Crippen LogP contribution in [0, 0.1) is 0 Å². The molecule has 0 saturated carbocycles. The van der Waals surface area contributed by atoms with Gasteiger partial charge in [-0.1, -0.05) is 60.1 Å². The Morgan fingerprint density at radius 2 is 1.89 bits per heavy atom. The van der Waals surface area contributed by atoms with Gasteiger partial charge in [0, 0.05) is 28.7 Å². The number of hydrogen-bond acceptors (Lipinski definition) is 4. The molecule has 0 aliphatic carbocycles. The Morgan fingerprint density at radius 3 is 2.66 bits per heavy atom. The number of carbonyl (C=O) groups is 2. The van der Waals surface area contributed by atoms with Crippen molar-refractivity contribution in [1.29, 1.82) is 0 Å². The number of halogens is 1. The fourth-order valence-electron chi connectivity index (χ4n) is 4.35. The lowest BCUT2D eigenvalue weighted by Crippen LogP contribution is -2.40. The normalized spacial score (nSPS) is 14.2. The molecule has 0 radical (unpaired) electrons. The van der Waals surface area contributed by atoms with Crippen LogP contribution >= 0.6 is 11.6 Å². The third-order valence-corrected chi connectivity index (χ3v) is 6.34. The van der Waals surface area contributed by atoms with Crippen LogP contribution in [0.15, 0.2) is 79.0 Å². The summed E-state index contributed by atoms with van der Waals surface area (Å²) in [6, 6.07) is 22.9. The number of cyclic esters (lactones) is 1. The number of amides is 2. The highest BCUT2D eigenvalue weighted by atomic mass is 35.5. The smallest absolute Gasteiger partial charge is 0.410 e. The van der Waals surface area contributed by atoms with Gasteiger partial charge in [-0.05, 0) is 41.8 Å². The van der Waals surface area contributed by atoms with Crippen LogP contribution in [0.5, 0.6) is 0 Å². The molecule has 1 aliphatic heterocycles. The van der Waals surface area contributed by atoms with Crippen molar-refractivity contribution in [3.63, 3.8) is 0 Å². The molecule has 178 valence electrons. The largest absolute Gasteiger partial charge is 0.448 e. The summed E-state index contributed by atoms with van der Waals surface area (Å²) in [6.07, 6.45) is 2.35. The van der Waals surface area contributed by atoms with Crippen molar-refractivity contribution in [1.82, 2.24) is 20.0 Å². The molecule has 0 bridgehead atoms. The van der Waals surface area contributed by atoms with E-state index in [1.807, 2.05) is 53.3 Å². The van der Waals surface area contributed by atoms with Gasteiger partial charge in [-0.15, -0.1) is 0 Å². The monoisotopic (exact) mass is 488 g/mol. The maximum Gasteiger partial charge on any atom is 0.410 e. The van der Waals surface area contributed by atoms with Gasteiger partial charge < -0.3 is 10.1 Å². The molecule has 1 saturated heterocycles. The minimum Gasteiger partial charge on any atom is -0.448 e. The zero-order chi connectivity index (χ0) is 24.2. The van der Waals surface area contributed by atoms with Crippen LogP contribution in [-0.2, 0) is 24.2 Å². The third kappa shape index (κ3) is 5.46. The van der Waals surface area contributed by atoms with E-state index in [9.17, 15) is 9.59 Å². The molecule has 1 aliphatic rings. The van der Waals surface area contributed by atoms with Crippen LogP contribution in [0.2, 0.25) is 5.02 Å². The Morgan fingerprint density at radius 1 is 1.06 bits per heavy atom. The number of carbonyl (C=O) groups excluding carboxylic acids is 2. The van der Waals surface area contributed by atoms with Gasteiger partial charge in [0.25, 0.3) is 5.91 Å². The molecule has 2 amide bonds. The summed E-state index contributed by atoms with van der Waals surface area (Å²) >= 11 is 6.02. The van der Waals surface area contributed by atoms with Crippen molar-refractivity contribution in [2.75, 3.05) is 13.2 Å². The van der Waals surface area contributed by atoms with Gasteiger partial charge >= 0.3 is 6.09 Å². The maximum atomic E-state index is 12.7. The predicted molar refractivity (Wildman–Crippen MR) is 134 cm³/mol. The molecule has 1 unspecified atom stereocenters. The minimum atomic E-state index is -0.290. The van der Waals surface area contributed by atoms with Crippen molar-refractivity contribution in [2.45, 2.75) is 25.6 Å². The predicted octanol–water partition coefficient (Wildman–Crippen LogP) is 4.68. The number of rotatable bonds is 8. The summed E-state index contributed by atoms with van der Waals surface area (Å²) in [6.45, 7) is 1.88. The quantitative estimate of drug-likeness (QED) is 0.390. The Labute approximate surface area is 208 Å². The van der Waals surface area contributed by atoms with E-state index in [1.54, 1.807) is 23.1 Å². The summed E-state index contributed by atoms with van der Waals surface area (Å²) in [5.74, 6) is -0.178. The summed E-state index contributed by atoms with van der Waals surface area (Å²) in [5.41, 5.74) is 3.34. The van der Waals surface area contributed by atoms with E-state index in [4.69, 9.17) is 21.4 Å². The van der Waals surface area contributed by atoms with Gasteiger partial charge in [-0.25, -0.2) is 4.79 Å². The van der Waals surface area contributed by atoms with Crippen molar-refractivity contribution in [2.24, 2.45) is 0 Å². The molecule has 1 aromatic heterocycles. The van der Waals surface area contributed by atoms with Gasteiger partial charge in [-0.3, -0.25) is 14.4 Å². The molecule has 1 fully saturated rings. The number of benzene rings is 3. The maximum absolute atomic E-state index is 12.7. The zero-order valence-electron chi connectivity index (χ0n) is 19.1. The first-order chi connectivity index (χ1) is 17.0. The number of hydrogen-bond donors (Lipinski definition) is 1. The fourth-order valence-corrected chi connectivity index (χ4v) is 4.56. The summed E-state index contributed by atoms with van der Waals surface area (Å²) in [4.78, 5) is 26.8. The van der Waals surface area contributed by atoms with E-state index in [2.05, 4.69) is 17.4 Å². The highest BCUT2D eigenvalue weighted by molar-refractivity contribution is 6.30. The lowest BCUT2D eigenvalue weighted by atomic mass is 10.0. The van der Waals surface area contributed by atoms with Crippen LogP contribution < -0.4 is 5.32 Å². The second-order valence-electron chi connectivity index (χ2n) is 8.59. The standard InChI is InChI=1S/C27H25ClN4O3/c28-23-8-4-7-20(13-23)16-29-26(33)21-9-10-22-17-31(30-25(22)15-21)18-24(32-11-12-35-27(32)34)14-19-5-2-1-3-6-19/h1-10,13,15,17,24H,11-12,14,16,18H2,(H,29,33). The number of ether oxygens (including phenoxy) is 1. The number of nitrogens with one attached hydrogen (secondary N) is 1. The summed E-state index contributed by atoms with van der Waals surface area (Å²) in [7, 11) is 0. The summed E-state index contributed by atoms with van der Waals surface area (Å²) < 4.78 is 7.03. The molecule has 1 atom stereocenters.